The smallest absolute Gasteiger partial charge is 0.190 e. The van der Waals surface area contributed by atoms with Gasteiger partial charge in [-0.2, -0.15) is 5.26 Å². The monoisotopic (exact) mass is 548 g/mol. The summed E-state index contributed by atoms with van der Waals surface area (Å²) in [5.74, 6) is 1.00. The van der Waals surface area contributed by atoms with Gasteiger partial charge in [0.1, 0.15) is 11.8 Å². The highest BCUT2D eigenvalue weighted by atomic mass is 32.1. The topological polar surface area (TPSA) is 60.3 Å². The number of nitrogens with zero attached hydrogens (tertiary/aromatic N) is 2. The van der Waals surface area contributed by atoms with Crippen molar-refractivity contribution in [2.75, 3.05) is 6.16 Å². The summed E-state index contributed by atoms with van der Waals surface area (Å²) >= 11 is 5.31. The fourth-order valence-corrected chi connectivity index (χ4v) is 9.17. The number of hydrogen-bond donors (Lipinski definition) is 0. The molecule has 1 fully saturated rings. The Balaban J connectivity index is 1.55. The molecule has 0 aliphatic carbocycles. The maximum absolute atomic E-state index is 9.36. The van der Waals surface area contributed by atoms with Crippen LogP contribution in [0.15, 0.2) is 52.9 Å². The molecule has 2 unspecified atom stereocenters. The molecular weight excluding hydrogens is 511 g/mol. The van der Waals surface area contributed by atoms with Gasteiger partial charge in [-0.05, 0) is 54.7 Å². The van der Waals surface area contributed by atoms with Crippen molar-refractivity contribution in [3.8, 4) is 6.07 Å². The van der Waals surface area contributed by atoms with E-state index in [0.717, 1.165) is 41.0 Å². The minimum Gasteiger partial charge on any atom is -0.445 e. The van der Waals surface area contributed by atoms with Crippen molar-refractivity contribution in [1.82, 2.24) is 4.57 Å². The van der Waals surface area contributed by atoms with Crippen LogP contribution in [0.5, 0.6) is 0 Å². The van der Waals surface area contributed by atoms with Gasteiger partial charge in [0.05, 0.1) is 29.3 Å². The average Bonchev–Trinajstić information content (AvgIpc) is 3.43. The lowest BCUT2D eigenvalue weighted by molar-refractivity contribution is -0.0110. The lowest BCUT2D eigenvalue weighted by Gasteiger charge is -2.35. The number of benzene rings is 2. The molecule has 1 aliphatic heterocycles. The molecule has 0 amide bonds. The quantitative estimate of drug-likeness (QED) is 0.154. The second-order valence-corrected chi connectivity index (χ2v) is 13.5. The molecule has 0 bridgehead atoms. The Morgan fingerprint density at radius 3 is 2.55 bits per heavy atom. The molecule has 0 N–H and O–H groups in total. The molecular formula is C31H37N2O3PS. The predicted molar refractivity (Wildman–Crippen MR) is 159 cm³/mol. The summed E-state index contributed by atoms with van der Waals surface area (Å²) < 4.78 is 22.5. The van der Waals surface area contributed by atoms with Crippen LogP contribution < -0.4 is 0 Å². The van der Waals surface area contributed by atoms with E-state index in [9.17, 15) is 5.26 Å². The Morgan fingerprint density at radius 1 is 1.08 bits per heavy atom. The number of para-hydroxylation sites is 1. The second-order valence-electron chi connectivity index (χ2n) is 11.0. The highest BCUT2D eigenvalue weighted by molar-refractivity contribution is 7.71. The molecule has 0 spiro atoms. The third kappa shape index (κ3) is 5.15. The van der Waals surface area contributed by atoms with Crippen molar-refractivity contribution in [3.05, 3.63) is 53.2 Å². The average molecular weight is 549 g/mol. The minimum atomic E-state index is -0.763. The highest BCUT2D eigenvalue weighted by Crippen LogP contribution is 2.53. The Kier molecular flexibility index (Phi) is 8.22. The van der Waals surface area contributed by atoms with Crippen LogP contribution in [-0.2, 0) is 9.26 Å². The Labute approximate surface area is 231 Å². The van der Waals surface area contributed by atoms with Crippen molar-refractivity contribution in [3.63, 3.8) is 0 Å². The molecule has 200 valence electrons. The molecule has 38 heavy (non-hydrogen) atoms. The number of rotatable bonds is 9. The van der Waals surface area contributed by atoms with Gasteiger partial charge < -0.3 is 18.2 Å². The lowest BCUT2D eigenvalue weighted by Crippen LogP contribution is -2.28. The first-order chi connectivity index (χ1) is 18.3. The van der Waals surface area contributed by atoms with E-state index in [2.05, 4.69) is 81.7 Å². The molecule has 7 heteroatoms. The van der Waals surface area contributed by atoms with E-state index in [0.29, 0.717) is 28.6 Å². The summed E-state index contributed by atoms with van der Waals surface area (Å²) in [5.41, 5.74) is 3.45. The van der Waals surface area contributed by atoms with Crippen LogP contribution in [0.1, 0.15) is 60.1 Å². The van der Waals surface area contributed by atoms with Crippen molar-refractivity contribution in [2.24, 2.45) is 11.8 Å². The molecule has 1 saturated heterocycles. The lowest BCUT2D eigenvalue weighted by atomic mass is 10.00. The van der Waals surface area contributed by atoms with Crippen molar-refractivity contribution in [1.29, 1.82) is 5.26 Å². The molecule has 5 nitrogen and oxygen atoms in total. The van der Waals surface area contributed by atoms with E-state index < -0.39 is 8.15 Å². The Hall–Kier alpha value is -2.29. The van der Waals surface area contributed by atoms with E-state index in [4.69, 9.17) is 25.9 Å². The Morgan fingerprint density at radius 2 is 1.84 bits per heavy atom. The zero-order chi connectivity index (χ0) is 27.0. The van der Waals surface area contributed by atoms with Crippen molar-refractivity contribution >= 4 is 53.1 Å². The van der Waals surface area contributed by atoms with Crippen LogP contribution >= 0.6 is 20.4 Å². The van der Waals surface area contributed by atoms with E-state index >= 15 is 0 Å². The first kappa shape index (κ1) is 27.3. The fraction of sp³-hybridized carbons (Fsp3) is 0.484. The van der Waals surface area contributed by atoms with Crippen LogP contribution in [0.25, 0.3) is 32.8 Å². The molecule has 1 aliphatic rings. The molecule has 4 atom stereocenters. The molecule has 3 heterocycles. The SMILES string of the molecule is CC[C@H]1O[C@@H](n2c3ccccc3c3cc4ccc(=S)oc4cc32)CC1OP(CCC#N)C(C(C)C)C(C)C. The second kappa shape index (κ2) is 11.4. The van der Waals surface area contributed by atoms with Gasteiger partial charge >= 0.3 is 0 Å². The predicted octanol–water partition coefficient (Wildman–Crippen LogP) is 9.34. The maximum atomic E-state index is 9.36. The Bertz CT molecular complexity index is 1530. The zero-order valence-electron chi connectivity index (χ0n) is 22.9. The number of hydrogen-bond acceptors (Lipinski definition) is 5. The van der Waals surface area contributed by atoms with Crippen molar-refractivity contribution < 1.29 is 13.7 Å². The van der Waals surface area contributed by atoms with Gasteiger partial charge in [0, 0.05) is 55.0 Å². The third-order valence-electron chi connectivity index (χ3n) is 7.74. The number of ether oxygens (including phenoxy) is 1. The van der Waals surface area contributed by atoms with Crippen LogP contribution in [0, 0.1) is 27.9 Å². The summed E-state index contributed by atoms with van der Waals surface area (Å²) in [6.45, 7) is 11.3. The van der Waals surface area contributed by atoms with Crippen molar-refractivity contribution in [2.45, 2.75) is 78.0 Å². The van der Waals surface area contributed by atoms with Crippen LogP contribution in [0.3, 0.4) is 0 Å². The van der Waals surface area contributed by atoms with E-state index in [1.165, 1.54) is 10.8 Å². The summed E-state index contributed by atoms with van der Waals surface area (Å²) in [6, 6.07) is 19.0. The van der Waals surface area contributed by atoms with Crippen LogP contribution in [-0.4, -0.2) is 28.6 Å². The third-order valence-corrected chi connectivity index (χ3v) is 11.0. The molecule has 4 aromatic rings. The summed E-state index contributed by atoms with van der Waals surface area (Å²) in [4.78, 5) is 0. The first-order valence-electron chi connectivity index (χ1n) is 13.7. The van der Waals surface area contributed by atoms with E-state index in [1.54, 1.807) is 0 Å². The van der Waals surface area contributed by atoms with E-state index in [-0.39, 0.29) is 18.4 Å². The number of aromatic nitrogens is 1. The van der Waals surface area contributed by atoms with E-state index in [1.807, 2.05) is 12.1 Å². The molecule has 2 aromatic carbocycles. The number of nitriles is 1. The van der Waals surface area contributed by atoms with Gasteiger partial charge in [-0.1, -0.05) is 52.8 Å². The molecule has 0 saturated carbocycles. The largest absolute Gasteiger partial charge is 0.445 e. The standard InChI is InChI=1S/C31H37N2O3PS/c1-6-26-28(36-37(15-9-14-32)31(19(2)3)20(4)5)18-29(34-26)33-24-11-8-7-10-22(24)23-16-21-12-13-30(38)35-27(21)17-25(23)33/h7-8,10-13,16-17,19-20,26,28-29,31H,6,9,15,18H2,1-5H3/t26-,28?,29-,37?/m1/s1. The summed E-state index contributed by atoms with van der Waals surface area (Å²) in [6.07, 6.45) is 2.85. The summed E-state index contributed by atoms with van der Waals surface area (Å²) in [7, 11) is -0.763. The molecule has 0 radical (unpaired) electrons. The van der Waals surface area contributed by atoms with Gasteiger partial charge in [-0.15, -0.1) is 0 Å². The van der Waals surface area contributed by atoms with Gasteiger partial charge in [0.2, 0.25) is 0 Å². The molecule has 5 rings (SSSR count). The number of fused-ring (bicyclic) bond motifs is 4. The normalized spacial score (nSPS) is 20.9. The highest BCUT2D eigenvalue weighted by Gasteiger charge is 2.40. The van der Waals surface area contributed by atoms with Gasteiger partial charge in [-0.3, -0.25) is 0 Å². The first-order valence-corrected chi connectivity index (χ1v) is 15.7. The van der Waals surface area contributed by atoms with Gasteiger partial charge in [0.25, 0.3) is 0 Å². The zero-order valence-corrected chi connectivity index (χ0v) is 24.6. The fourth-order valence-electron chi connectivity index (χ4n) is 6.24. The summed E-state index contributed by atoms with van der Waals surface area (Å²) in [5, 5.41) is 12.8. The minimum absolute atomic E-state index is 0.00426. The molecule has 2 aromatic heterocycles. The maximum Gasteiger partial charge on any atom is 0.190 e. The van der Waals surface area contributed by atoms with Crippen LogP contribution in [0.4, 0.5) is 0 Å². The van der Waals surface area contributed by atoms with Gasteiger partial charge in [0.15, 0.2) is 4.71 Å². The van der Waals surface area contributed by atoms with Gasteiger partial charge in [-0.25, -0.2) is 0 Å². The van der Waals surface area contributed by atoms with Crippen LogP contribution in [0.2, 0.25) is 0 Å².